The van der Waals surface area contributed by atoms with E-state index in [4.69, 9.17) is 13.9 Å². The first-order chi connectivity index (χ1) is 15.5. The maximum Gasteiger partial charge on any atom is 0.278 e. The van der Waals surface area contributed by atoms with Crippen LogP contribution in [0, 0.1) is 6.92 Å². The normalized spacial score (nSPS) is 11.0. The van der Waals surface area contributed by atoms with E-state index in [9.17, 15) is 9.59 Å². The number of furan rings is 1. The number of aromatic nitrogens is 3. The quantitative estimate of drug-likeness (QED) is 0.310. The Balaban J connectivity index is 1.57. The summed E-state index contributed by atoms with van der Waals surface area (Å²) in [6, 6.07) is 10.5. The molecule has 0 aliphatic carbocycles. The van der Waals surface area contributed by atoms with Gasteiger partial charge in [0.05, 0.1) is 38.3 Å². The Bertz CT molecular complexity index is 1290. The molecule has 10 heteroatoms. The van der Waals surface area contributed by atoms with Crippen LogP contribution in [-0.4, -0.2) is 40.4 Å². The second-order valence-electron chi connectivity index (χ2n) is 7.02. The number of ether oxygens (including phenoxy) is 2. The Morgan fingerprint density at radius 3 is 2.62 bits per heavy atom. The second kappa shape index (κ2) is 9.23. The molecule has 0 atom stereocenters. The highest BCUT2D eigenvalue weighted by Gasteiger charge is 2.16. The molecule has 0 saturated carbocycles. The lowest BCUT2D eigenvalue weighted by Crippen LogP contribution is -2.24. The Hall–Kier alpha value is -3.66. The number of carbonyl (C=O) groups is 1. The van der Waals surface area contributed by atoms with Crippen molar-refractivity contribution in [2.45, 2.75) is 18.6 Å². The Morgan fingerprint density at radius 1 is 1.22 bits per heavy atom. The molecular formula is C22H22N4O5S. The first kappa shape index (κ1) is 21.6. The number of fused-ring (bicyclic) bond motifs is 1. The number of thioether (sulfide) groups is 1. The summed E-state index contributed by atoms with van der Waals surface area (Å²) in [7, 11) is 3.08. The molecule has 1 amide bonds. The number of hydrogen-bond acceptors (Lipinski definition) is 7. The number of methoxy groups -OCH3 is 2. The van der Waals surface area contributed by atoms with Crippen LogP contribution in [0.15, 0.2) is 57.0 Å². The van der Waals surface area contributed by atoms with Crippen LogP contribution in [0.25, 0.3) is 11.0 Å². The molecule has 0 saturated heterocycles. The van der Waals surface area contributed by atoms with Crippen LogP contribution >= 0.6 is 11.8 Å². The first-order valence-electron chi connectivity index (χ1n) is 9.75. The Kier molecular flexibility index (Phi) is 6.22. The van der Waals surface area contributed by atoms with Crippen molar-refractivity contribution in [3.8, 4) is 11.5 Å². The highest BCUT2D eigenvalue weighted by Crippen LogP contribution is 2.26. The van der Waals surface area contributed by atoms with Crippen LogP contribution in [0.3, 0.4) is 0 Å². The van der Waals surface area contributed by atoms with E-state index >= 15 is 0 Å². The molecule has 1 aromatic carbocycles. The molecule has 3 heterocycles. The van der Waals surface area contributed by atoms with Crippen LogP contribution in [0.4, 0.5) is 5.69 Å². The third-order valence-corrected chi connectivity index (χ3v) is 5.68. The molecule has 0 fully saturated rings. The zero-order chi connectivity index (χ0) is 22.7. The van der Waals surface area contributed by atoms with Crippen molar-refractivity contribution in [1.82, 2.24) is 14.5 Å². The van der Waals surface area contributed by atoms with Gasteiger partial charge in [0.1, 0.15) is 22.8 Å². The van der Waals surface area contributed by atoms with Gasteiger partial charge >= 0.3 is 0 Å². The Labute approximate surface area is 187 Å². The van der Waals surface area contributed by atoms with E-state index in [1.165, 1.54) is 16.3 Å². The lowest BCUT2D eigenvalue weighted by molar-refractivity contribution is -0.113. The molecule has 0 spiro atoms. The monoisotopic (exact) mass is 454 g/mol. The van der Waals surface area contributed by atoms with E-state index in [0.717, 1.165) is 5.69 Å². The standard InChI is InChI=1S/C22H22N4O5S/c1-13-7-18-20(23-13)21(28)26(11-15-5-4-6-31-15)22(25-18)32-12-19(27)24-14-8-16(29-2)10-17(9-14)30-3/h4-10,23H,11-12H2,1-3H3,(H,24,27). The van der Waals surface area contributed by atoms with Gasteiger partial charge in [0.25, 0.3) is 5.56 Å². The number of carbonyl (C=O) groups excluding carboxylic acids is 1. The number of benzene rings is 1. The van der Waals surface area contributed by atoms with Gasteiger partial charge in [-0.25, -0.2) is 4.98 Å². The first-order valence-corrected chi connectivity index (χ1v) is 10.7. The molecule has 4 aromatic rings. The van der Waals surface area contributed by atoms with Crippen molar-refractivity contribution in [2.75, 3.05) is 25.3 Å². The van der Waals surface area contributed by atoms with Crippen molar-refractivity contribution in [1.29, 1.82) is 0 Å². The molecule has 2 N–H and O–H groups in total. The predicted octanol–water partition coefficient (Wildman–Crippen LogP) is 3.42. The summed E-state index contributed by atoms with van der Waals surface area (Å²) >= 11 is 1.18. The van der Waals surface area contributed by atoms with Crippen molar-refractivity contribution < 1.29 is 18.7 Å². The van der Waals surface area contributed by atoms with Gasteiger partial charge in [-0.15, -0.1) is 0 Å². The molecule has 3 aromatic heterocycles. The summed E-state index contributed by atoms with van der Waals surface area (Å²) in [6.45, 7) is 2.07. The number of anilines is 1. The lowest BCUT2D eigenvalue weighted by atomic mass is 10.2. The fraction of sp³-hybridized carbons (Fsp3) is 0.227. The predicted molar refractivity (Wildman–Crippen MR) is 122 cm³/mol. The number of nitrogens with one attached hydrogen (secondary N) is 2. The summed E-state index contributed by atoms with van der Waals surface area (Å²) < 4.78 is 17.4. The van der Waals surface area contributed by atoms with Gasteiger partial charge in [-0.2, -0.15) is 0 Å². The van der Waals surface area contributed by atoms with Crippen LogP contribution in [0.5, 0.6) is 11.5 Å². The summed E-state index contributed by atoms with van der Waals surface area (Å²) in [5.74, 6) is 1.55. The highest BCUT2D eigenvalue weighted by molar-refractivity contribution is 7.99. The molecule has 0 bridgehead atoms. The zero-order valence-electron chi connectivity index (χ0n) is 17.8. The average molecular weight is 455 g/mol. The maximum atomic E-state index is 13.1. The fourth-order valence-electron chi connectivity index (χ4n) is 3.23. The van der Waals surface area contributed by atoms with Gasteiger partial charge in [0, 0.05) is 29.6 Å². The van der Waals surface area contributed by atoms with Crippen molar-refractivity contribution in [3.05, 3.63) is 64.5 Å². The van der Waals surface area contributed by atoms with Crippen molar-refractivity contribution in [2.24, 2.45) is 0 Å². The van der Waals surface area contributed by atoms with Crippen LogP contribution in [0.2, 0.25) is 0 Å². The van der Waals surface area contributed by atoms with Crippen LogP contribution < -0.4 is 20.3 Å². The number of rotatable bonds is 8. The van der Waals surface area contributed by atoms with E-state index in [1.54, 1.807) is 56.9 Å². The molecule has 0 aliphatic rings. The van der Waals surface area contributed by atoms with Crippen molar-refractivity contribution in [3.63, 3.8) is 0 Å². The number of aryl methyl sites for hydroxylation is 1. The van der Waals surface area contributed by atoms with E-state index < -0.39 is 0 Å². The molecule has 32 heavy (non-hydrogen) atoms. The van der Waals surface area contributed by atoms with E-state index in [1.807, 2.05) is 6.92 Å². The third kappa shape index (κ3) is 4.65. The highest BCUT2D eigenvalue weighted by atomic mass is 32.2. The van der Waals surface area contributed by atoms with Gasteiger partial charge < -0.3 is 24.2 Å². The van der Waals surface area contributed by atoms with Crippen molar-refractivity contribution >= 4 is 34.4 Å². The number of nitrogens with zero attached hydrogens (tertiary/aromatic N) is 2. The van der Waals surface area contributed by atoms with Gasteiger partial charge in [0.2, 0.25) is 5.91 Å². The minimum atomic E-state index is -0.255. The minimum absolute atomic E-state index is 0.0546. The number of aromatic amines is 1. The Morgan fingerprint density at radius 2 is 1.97 bits per heavy atom. The molecule has 166 valence electrons. The molecule has 0 unspecified atom stereocenters. The van der Waals surface area contributed by atoms with Gasteiger partial charge in [-0.05, 0) is 25.1 Å². The summed E-state index contributed by atoms with van der Waals surface area (Å²) in [4.78, 5) is 33.3. The zero-order valence-corrected chi connectivity index (χ0v) is 18.6. The second-order valence-corrected chi connectivity index (χ2v) is 7.96. The fourth-order valence-corrected chi connectivity index (χ4v) is 4.02. The van der Waals surface area contributed by atoms with Gasteiger partial charge in [-0.1, -0.05) is 11.8 Å². The van der Waals surface area contributed by atoms with Gasteiger partial charge in [-0.3, -0.25) is 14.2 Å². The lowest BCUT2D eigenvalue weighted by Gasteiger charge is -2.12. The molecule has 0 radical (unpaired) electrons. The third-order valence-electron chi connectivity index (χ3n) is 4.70. The number of amides is 1. The number of H-pyrrole nitrogens is 1. The summed E-state index contributed by atoms with van der Waals surface area (Å²) in [5, 5.41) is 3.25. The van der Waals surface area contributed by atoms with E-state index in [-0.39, 0.29) is 23.8 Å². The molecular weight excluding hydrogens is 432 g/mol. The summed E-state index contributed by atoms with van der Waals surface area (Å²) in [6.07, 6.45) is 1.55. The number of hydrogen-bond donors (Lipinski definition) is 2. The van der Waals surface area contributed by atoms with Crippen LogP contribution in [0.1, 0.15) is 11.5 Å². The molecule has 4 rings (SSSR count). The maximum absolute atomic E-state index is 13.1. The van der Waals surface area contributed by atoms with Gasteiger partial charge in [0.15, 0.2) is 5.16 Å². The molecule has 9 nitrogen and oxygen atoms in total. The van der Waals surface area contributed by atoms with E-state index in [2.05, 4.69) is 15.3 Å². The van der Waals surface area contributed by atoms with Crippen LogP contribution in [-0.2, 0) is 11.3 Å². The topological polar surface area (TPSA) is 111 Å². The summed E-state index contributed by atoms with van der Waals surface area (Å²) in [5.41, 5.74) is 2.14. The largest absolute Gasteiger partial charge is 0.497 e. The minimum Gasteiger partial charge on any atom is -0.497 e. The smallest absolute Gasteiger partial charge is 0.278 e. The average Bonchev–Trinajstić information content (AvgIpc) is 3.43. The SMILES string of the molecule is COc1cc(NC(=O)CSc2nc3cc(C)[nH]c3c(=O)n2Cc2ccco2)cc(OC)c1. The van der Waals surface area contributed by atoms with E-state index in [0.29, 0.717) is 39.1 Å². The molecule has 0 aliphatic heterocycles.